The summed E-state index contributed by atoms with van der Waals surface area (Å²) in [6.45, 7) is 7.72. The smallest absolute Gasteiger partial charge is 0.336 e. The molecule has 2 aromatic heterocycles. The third kappa shape index (κ3) is 7.07. The SMILES string of the molecule is CCCOCn1nc(OCC)nc1-c1ccc(-c2ccc(OC3CCC(C(=O)OCC)CC3)nc2)cc1. The molecule has 1 aliphatic rings. The van der Waals surface area contributed by atoms with Crippen LogP contribution in [0.25, 0.3) is 22.5 Å². The maximum absolute atomic E-state index is 11.9. The molecule has 1 saturated carbocycles. The highest BCUT2D eigenvalue weighted by Crippen LogP contribution is 2.29. The zero-order chi connectivity index (χ0) is 26.0. The van der Waals surface area contributed by atoms with Gasteiger partial charge in [-0.2, -0.15) is 4.98 Å². The van der Waals surface area contributed by atoms with Gasteiger partial charge >= 0.3 is 12.0 Å². The fraction of sp³-hybridized carbons (Fsp3) is 0.500. The summed E-state index contributed by atoms with van der Waals surface area (Å²) in [7, 11) is 0. The lowest BCUT2D eigenvalue weighted by molar-refractivity contribution is -0.149. The molecule has 0 radical (unpaired) electrons. The third-order valence-electron chi connectivity index (χ3n) is 6.28. The van der Waals surface area contributed by atoms with E-state index in [1.54, 1.807) is 4.68 Å². The van der Waals surface area contributed by atoms with Gasteiger partial charge in [0, 0.05) is 30.0 Å². The van der Waals surface area contributed by atoms with Gasteiger partial charge in [0.2, 0.25) is 5.88 Å². The Bertz CT molecular complexity index is 1120. The van der Waals surface area contributed by atoms with Crippen LogP contribution in [-0.2, 0) is 21.0 Å². The summed E-state index contributed by atoms with van der Waals surface area (Å²) in [5.74, 6) is 1.20. The first-order valence-electron chi connectivity index (χ1n) is 13.2. The highest BCUT2D eigenvalue weighted by atomic mass is 16.5. The van der Waals surface area contributed by atoms with Gasteiger partial charge in [0.05, 0.1) is 19.1 Å². The van der Waals surface area contributed by atoms with Crippen molar-refractivity contribution in [3.63, 3.8) is 0 Å². The normalized spacial score (nSPS) is 17.4. The predicted octanol–water partition coefficient (Wildman–Crippen LogP) is 5.29. The number of hydrogen-bond acceptors (Lipinski definition) is 8. The molecule has 1 fully saturated rings. The summed E-state index contributed by atoms with van der Waals surface area (Å²) in [5, 5.41) is 4.42. The molecule has 1 aliphatic carbocycles. The number of pyridine rings is 1. The lowest BCUT2D eigenvalue weighted by Crippen LogP contribution is -2.29. The van der Waals surface area contributed by atoms with E-state index in [1.807, 2.05) is 56.4 Å². The maximum Gasteiger partial charge on any atom is 0.336 e. The second-order valence-corrected chi connectivity index (χ2v) is 8.99. The van der Waals surface area contributed by atoms with Crippen molar-refractivity contribution in [3.05, 3.63) is 42.6 Å². The Balaban J connectivity index is 1.37. The predicted molar refractivity (Wildman–Crippen MR) is 139 cm³/mol. The minimum absolute atomic E-state index is 0.0124. The number of benzene rings is 1. The molecule has 4 rings (SSSR count). The fourth-order valence-electron chi connectivity index (χ4n) is 4.39. The standard InChI is InChI=1S/C28H36N4O5/c1-4-17-34-19-32-26(30-28(31-32)36-6-3)21-9-7-20(8-10-21)23-13-16-25(29-18-23)37-24-14-11-22(12-15-24)27(33)35-5-2/h7-10,13,16,18,22,24H,4-6,11-12,14-15,17,19H2,1-3H3. The quantitative estimate of drug-likeness (QED) is 0.240. The van der Waals surface area contributed by atoms with Gasteiger partial charge in [-0.15, -0.1) is 5.10 Å². The number of rotatable bonds is 12. The second kappa shape index (κ2) is 13.2. The summed E-state index contributed by atoms with van der Waals surface area (Å²) in [6.07, 6.45) is 6.07. The first-order chi connectivity index (χ1) is 18.1. The number of hydrogen-bond donors (Lipinski definition) is 0. The van der Waals surface area contributed by atoms with Crippen molar-refractivity contribution in [3.8, 4) is 34.4 Å². The van der Waals surface area contributed by atoms with Crippen LogP contribution in [0.1, 0.15) is 52.9 Å². The van der Waals surface area contributed by atoms with Crippen molar-refractivity contribution in [2.45, 2.75) is 65.7 Å². The van der Waals surface area contributed by atoms with Crippen molar-refractivity contribution in [2.24, 2.45) is 5.92 Å². The molecule has 0 atom stereocenters. The molecule has 37 heavy (non-hydrogen) atoms. The van der Waals surface area contributed by atoms with Crippen molar-refractivity contribution < 1.29 is 23.7 Å². The first kappa shape index (κ1) is 26.6. The van der Waals surface area contributed by atoms with Crippen LogP contribution < -0.4 is 9.47 Å². The second-order valence-electron chi connectivity index (χ2n) is 8.99. The summed E-state index contributed by atoms with van der Waals surface area (Å²) in [5.41, 5.74) is 2.96. The molecule has 0 amide bonds. The third-order valence-corrected chi connectivity index (χ3v) is 6.28. The zero-order valence-electron chi connectivity index (χ0n) is 21.9. The van der Waals surface area contributed by atoms with Crippen LogP contribution in [0.3, 0.4) is 0 Å². The van der Waals surface area contributed by atoms with E-state index in [-0.39, 0.29) is 18.0 Å². The molecule has 198 valence electrons. The van der Waals surface area contributed by atoms with Crippen molar-refractivity contribution in [1.82, 2.24) is 19.7 Å². The van der Waals surface area contributed by atoms with Crippen LogP contribution in [0.2, 0.25) is 0 Å². The van der Waals surface area contributed by atoms with Gasteiger partial charge < -0.3 is 18.9 Å². The highest BCUT2D eigenvalue weighted by Gasteiger charge is 2.28. The van der Waals surface area contributed by atoms with E-state index in [0.717, 1.165) is 48.8 Å². The Labute approximate surface area is 218 Å². The van der Waals surface area contributed by atoms with E-state index in [4.69, 9.17) is 18.9 Å². The molecule has 0 N–H and O–H groups in total. The number of carbonyl (C=O) groups excluding carboxylic acids is 1. The first-order valence-corrected chi connectivity index (χ1v) is 13.2. The van der Waals surface area contributed by atoms with Crippen LogP contribution in [0.15, 0.2) is 42.6 Å². The Morgan fingerprint density at radius 2 is 1.68 bits per heavy atom. The molecule has 0 saturated heterocycles. The van der Waals surface area contributed by atoms with Crippen LogP contribution in [0.4, 0.5) is 0 Å². The van der Waals surface area contributed by atoms with Gasteiger partial charge in [-0.1, -0.05) is 31.2 Å². The van der Waals surface area contributed by atoms with Crippen LogP contribution >= 0.6 is 0 Å². The highest BCUT2D eigenvalue weighted by molar-refractivity contribution is 5.72. The van der Waals surface area contributed by atoms with Crippen molar-refractivity contribution in [1.29, 1.82) is 0 Å². The molecule has 0 bridgehead atoms. The summed E-state index contributed by atoms with van der Waals surface area (Å²) in [6, 6.07) is 12.4. The van der Waals surface area contributed by atoms with Crippen LogP contribution in [0.5, 0.6) is 11.9 Å². The Hall–Kier alpha value is -3.46. The summed E-state index contributed by atoms with van der Waals surface area (Å²) >= 11 is 0. The van der Waals surface area contributed by atoms with Crippen molar-refractivity contribution >= 4 is 5.97 Å². The lowest BCUT2D eigenvalue weighted by atomic mass is 9.87. The van der Waals surface area contributed by atoms with Gasteiger partial charge in [-0.25, -0.2) is 9.67 Å². The Kier molecular flexibility index (Phi) is 9.48. The maximum atomic E-state index is 11.9. The number of aromatic nitrogens is 4. The molecule has 0 aliphatic heterocycles. The Morgan fingerprint density at radius 3 is 2.32 bits per heavy atom. The Morgan fingerprint density at radius 1 is 0.946 bits per heavy atom. The average Bonchev–Trinajstić information content (AvgIpc) is 3.33. The van der Waals surface area contributed by atoms with Crippen LogP contribution in [-0.4, -0.2) is 51.6 Å². The minimum Gasteiger partial charge on any atom is -0.474 e. The molecular weight excluding hydrogens is 472 g/mol. The van der Waals surface area contributed by atoms with Crippen LogP contribution in [0, 0.1) is 5.92 Å². The van der Waals surface area contributed by atoms with E-state index in [1.165, 1.54) is 0 Å². The monoisotopic (exact) mass is 508 g/mol. The van der Waals surface area contributed by atoms with E-state index >= 15 is 0 Å². The average molecular weight is 509 g/mol. The van der Waals surface area contributed by atoms with E-state index in [9.17, 15) is 4.79 Å². The number of carbonyl (C=O) groups is 1. The molecule has 9 heteroatoms. The van der Waals surface area contributed by atoms with E-state index in [0.29, 0.717) is 44.3 Å². The van der Waals surface area contributed by atoms with Gasteiger partial charge in [0.15, 0.2) is 5.82 Å². The molecule has 9 nitrogen and oxygen atoms in total. The van der Waals surface area contributed by atoms with E-state index in [2.05, 4.69) is 22.0 Å². The molecule has 1 aromatic carbocycles. The zero-order valence-corrected chi connectivity index (χ0v) is 21.9. The molecule has 0 spiro atoms. The molecule has 3 aromatic rings. The van der Waals surface area contributed by atoms with E-state index < -0.39 is 0 Å². The minimum atomic E-state index is -0.0887. The van der Waals surface area contributed by atoms with Crippen molar-refractivity contribution in [2.75, 3.05) is 19.8 Å². The largest absolute Gasteiger partial charge is 0.474 e. The molecule has 0 unspecified atom stereocenters. The number of esters is 1. The molecule has 2 heterocycles. The van der Waals surface area contributed by atoms with Gasteiger partial charge in [-0.3, -0.25) is 4.79 Å². The summed E-state index contributed by atoms with van der Waals surface area (Å²) < 4.78 is 24.1. The van der Waals surface area contributed by atoms with Gasteiger partial charge in [-0.05, 0) is 57.6 Å². The topological polar surface area (TPSA) is 97.6 Å². The number of ether oxygens (including phenoxy) is 4. The fourth-order valence-corrected chi connectivity index (χ4v) is 4.39. The summed E-state index contributed by atoms with van der Waals surface area (Å²) in [4.78, 5) is 21.0. The van der Waals surface area contributed by atoms with Gasteiger partial charge in [0.25, 0.3) is 0 Å². The van der Waals surface area contributed by atoms with Gasteiger partial charge in [0.1, 0.15) is 12.8 Å². The number of nitrogens with zero attached hydrogens (tertiary/aromatic N) is 4. The lowest BCUT2D eigenvalue weighted by Gasteiger charge is -2.27. The molecular formula is C28H36N4O5.